The largest absolute Gasteiger partial charge is 0.442 e. The Labute approximate surface area is 150 Å². The van der Waals surface area contributed by atoms with Crippen LogP contribution in [0.1, 0.15) is 17.5 Å². The first-order chi connectivity index (χ1) is 12.5. The number of hydrogen-bond donors (Lipinski definition) is 1. The molecule has 0 aliphatic carbocycles. The normalized spacial score (nSPS) is 19.5. The molecule has 2 aromatic rings. The quantitative estimate of drug-likeness (QED) is 0.905. The SMILES string of the molecule is Cc1c(N2C[C@H](CNc3ccon3)OC2=O)ccc2c1CCC(=O)N2C. The number of aromatic nitrogens is 1. The van der Waals surface area contributed by atoms with Crippen LogP contribution in [0.3, 0.4) is 0 Å². The predicted molar refractivity (Wildman–Crippen MR) is 95.5 cm³/mol. The van der Waals surface area contributed by atoms with Crippen LogP contribution in [0.15, 0.2) is 29.0 Å². The minimum Gasteiger partial charge on any atom is -0.442 e. The number of hydrogen-bond acceptors (Lipinski definition) is 6. The predicted octanol–water partition coefficient (Wildman–Crippen LogP) is 2.33. The van der Waals surface area contributed by atoms with Gasteiger partial charge in [0.05, 0.1) is 18.8 Å². The van der Waals surface area contributed by atoms with Crippen LogP contribution in [0.25, 0.3) is 0 Å². The number of carbonyl (C=O) groups is 2. The smallest absolute Gasteiger partial charge is 0.414 e. The zero-order valence-electron chi connectivity index (χ0n) is 14.7. The molecule has 1 aromatic carbocycles. The summed E-state index contributed by atoms with van der Waals surface area (Å²) in [5, 5.41) is 6.86. The highest BCUT2D eigenvalue weighted by Crippen LogP contribution is 2.36. The van der Waals surface area contributed by atoms with E-state index in [0.717, 1.165) is 22.5 Å². The van der Waals surface area contributed by atoms with Gasteiger partial charge < -0.3 is 19.5 Å². The molecule has 2 amide bonds. The number of cyclic esters (lactones) is 1. The Morgan fingerprint density at radius 1 is 1.23 bits per heavy atom. The van der Waals surface area contributed by atoms with E-state index in [1.54, 1.807) is 22.9 Å². The highest BCUT2D eigenvalue weighted by Gasteiger charge is 2.34. The number of ether oxygens (including phenoxy) is 1. The van der Waals surface area contributed by atoms with Gasteiger partial charge in [-0.2, -0.15) is 0 Å². The average molecular weight is 356 g/mol. The monoisotopic (exact) mass is 356 g/mol. The second kappa shape index (κ2) is 6.36. The van der Waals surface area contributed by atoms with Gasteiger partial charge in [0.2, 0.25) is 5.91 Å². The van der Waals surface area contributed by atoms with Gasteiger partial charge in [0, 0.05) is 25.2 Å². The first kappa shape index (κ1) is 16.4. The summed E-state index contributed by atoms with van der Waals surface area (Å²) in [5.41, 5.74) is 3.88. The van der Waals surface area contributed by atoms with Crippen molar-refractivity contribution in [3.05, 3.63) is 35.6 Å². The van der Waals surface area contributed by atoms with Crippen molar-refractivity contribution in [1.29, 1.82) is 0 Å². The minimum absolute atomic E-state index is 0.115. The highest BCUT2D eigenvalue weighted by atomic mass is 16.6. The van der Waals surface area contributed by atoms with Gasteiger partial charge in [-0.3, -0.25) is 9.69 Å². The van der Waals surface area contributed by atoms with Crippen molar-refractivity contribution >= 4 is 29.2 Å². The summed E-state index contributed by atoms with van der Waals surface area (Å²) in [6, 6.07) is 5.50. The Hall–Kier alpha value is -3.03. The lowest BCUT2D eigenvalue weighted by atomic mass is 9.95. The van der Waals surface area contributed by atoms with E-state index in [1.165, 1.54) is 6.26 Å². The summed E-state index contributed by atoms with van der Waals surface area (Å²) < 4.78 is 10.2. The van der Waals surface area contributed by atoms with Crippen molar-refractivity contribution in [2.24, 2.45) is 0 Å². The maximum Gasteiger partial charge on any atom is 0.414 e. The molecule has 1 N–H and O–H groups in total. The topological polar surface area (TPSA) is 87.9 Å². The lowest BCUT2D eigenvalue weighted by Gasteiger charge is -2.29. The van der Waals surface area contributed by atoms with Crippen molar-refractivity contribution in [3.8, 4) is 0 Å². The van der Waals surface area contributed by atoms with E-state index >= 15 is 0 Å². The zero-order chi connectivity index (χ0) is 18.3. The van der Waals surface area contributed by atoms with Crippen LogP contribution in [0, 0.1) is 6.92 Å². The molecule has 0 unspecified atom stereocenters. The molecule has 0 saturated carbocycles. The van der Waals surface area contributed by atoms with Gasteiger partial charge in [0.15, 0.2) is 5.82 Å². The van der Waals surface area contributed by atoms with E-state index in [-0.39, 0.29) is 18.1 Å². The molecule has 8 nitrogen and oxygen atoms in total. The Bertz CT molecular complexity index is 849. The third kappa shape index (κ3) is 2.77. The van der Waals surface area contributed by atoms with E-state index in [4.69, 9.17) is 9.26 Å². The second-order valence-electron chi connectivity index (χ2n) is 6.54. The van der Waals surface area contributed by atoms with Gasteiger partial charge in [0.1, 0.15) is 12.4 Å². The number of anilines is 3. The molecule has 4 rings (SSSR count). The summed E-state index contributed by atoms with van der Waals surface area (Å²) in [6.07, 6.45) is 2.02. The van der Waals surface area contributed by atoms with Crippen molar-refractivity contribution < 1.29 is 18.8 Å². The number of benzene rings is 1. The molecule has 1 saturated heterocycles. The number of rotatable bonds is 4. The van der Waals surface area contributed by atoms with Crippen LogP contribution in [0.4, 0.5) is 22.0 Å². The summed E-state index contributed by atoms with van der Waals surface area (Å²) in [6.45, 7) is 2.90. The number of amides is 2. The van der Waals surface area contributed by atoms with Crippen LogP contribution in [-0.4, -0.2) is 43.4 Å². The Morgan fingerprint density at radius 2 is 2.04 bits per heavy atom. The standard InChI is InChI=1S/C18H20N4O4/c1-11-13-3-6-17(23)21(2)15(13)5-4-14(11)22-10-12(26-18(22)24)9-19-16-7-8-25-20-16/h4-5,7-8,12H,3,6,9-10H2,1-2H3,(H,19,20)/t12-/m0/s1. The molecule has 3 heterocycles. The highest BCUT2D eigenvalue weighted by molar-refractivity contribution is 5.98. The fourth-order valence-corrected chi connectivity index (χ4v) is 3.53. The maximum atomic E-state index is 12.4. The van der Waals surface area contributed by atoms with Gasteiger partial charge in [-0.25, -0.2) is 4.79 Å². The summed E-state index contributed by atoms with van der Waals surface area (Å²) in [7, 11) is 1.79. The average Bonchev–Trinajstić information content (AvgIpc) is 3.26. The molecule has 0 spiro atoms. The Morgan fingerprint density at radius 3 is 2.81 bits per heavy atom. The first-order valence-electron chi connectivity index (χ1n) is 8.56. The van der Waals surface area contributed by atoms with Gasteiger partial charge >= 0.3 is 6.09 Å². The Kier molecular flexibility index (Phi) is 4.02. The Balaban J connectivity index is 1.52. The third-order valence-corrected chi connectivity index (χ3v) is 4.98. The van der Waals surface area contributed by atoms with E-state index in [1.807, 2.05) is 19.1 Å². The molecular formula is C18H20N4O4. The molecule has 2 aliphatic heterocycles. The van der Waals surface area contributed by atoms with Gasteiger partial charge in [-0.15, -0.1) is 0 Å². The van der Waals surface area contributed by atoms with Crippen molar-refractivity contribution in [1.82, 2.24) is 5.16 Å². The van der Waals surface area contributed by atoms with E-state index in [2.05, 4.69) is 10.5 Å². The number of nitrogens with one attached hydrogen (secondary N) is 1. The maximum absolute atomic E-state index is 12.4. The molecule has 136 valence electrons. The minimum atomic E-state index is -0.361. The molecule has 1 aromatic heterocycles. The third-order valence-electron chi connectivity index (χ3n) is 4.98. The summed E-state index contributed by atoms with van der Waals surface area (Å²) in [5.74, 6) is 0.724. The molecule has 0 radical (unpaired) electrons. The lowest BCUT2D eigenvalue weighted by molar-refractivity contribution is -0.118. The van der Waals surface area contributed by atoms with Crippen LogP contribution >= 0.6 is 0 Å². The fraction of sp³-hybridized carbons (Fsp3) is 0.389. The van der Waals surface area contributed by atoms with Crippen molar-refractivity contribution in [3.63, 3.8) is 0 Å². The lowest BCUT2D eigenvalue weighted by Crippen LogP contribution is -2.32. The summed E-state index contributed by atoms with van der Waals surface area (Å²) >= 11 is 0. The zero-order valence-corrected chi connectivity index (χ0v) is 14.7. The van der Waals surface area contributed by atoms with Crippen molar-refractivity contribution in [2.75, 3.05) is 35.3 Å². The fourth-order valence-electron chi connectivity index (χ4n) is 3.53. The second-order valence-corrected chi connectivity index (χ2v) is 6.54. The van der Waals surface area contributed by atoms with Crippen LogP contribution in [0.5, 0.6) is 0 Å². The molecule has 1 atom stereocenters. The van der Waals surface area contributed by atoms with Crippen LogP contribution < -0.4 is 15.1 Å². The number of fused-ring (bicyclic) bond motifs is 1. The molecular weight excluding hydrogens is 336 g/mol. The van der Waals surface area contributed by atoms with Crippen LogP contribution in [-0.2, 0) is 16.0 Å². The van der Waals surface area contributed by atoms with Crippen LogP contribution in [0.2, 0.25) is 0 Å². The molecule has 26 heavy (non-hydrogen) atoms. The van der Waals surface area contributed by atoms with E-state index in [0.29, 0.717) is 31.7 Å². The van der Waals surface area contributed by atoms with Crippen molar-refractivity contribution in [2.45, 2.75) is 25.9 Å². The van der Waals surface area contributed by atoms with Gasteiger partial charge in [-0.05, 0) is 36.6 Å². The first-order valence-corrected chi connectivity index (χ1v) is 8.56. The van der Waals surface area contributed by atoms with Gasteiger partial charge in [-0.1, -0.05) is 5.16 Å². The number of carbonyl (C=O) groups excluding carboxylic acids is 2. The summed E-state index contributed by atoms with van der Waals surface area (Å²) in [4.78, 5) is 27.6. The molecule has 8 heteroatoms. The van der Waals surface area contributed by atoms with Gasteiger partial charge in [0.25, 0.3) is 0 Å². The number of nitrogens with zero attached hydrogens (tertiary/aromatic N) is 3. The molecule has 2 aliphatic rings. The van der Waals surface area contributed by atoms with E-state index in [9.17, 15) is 9.59 Å². The molecule has 0 bridgehead atoms. The van der Waals surface area contributed by atoms with E-state index < -0.39 is 0 Å². The molecule has 1 fully saturated rings.